The Balaban J connectivity index is 1.77. The third-order valence-corrected chi connectivity index (χ3v) is 5.87. The first-order valence-electron chi connectivity index (χ1n) is 7.71. The Morgan fingerprint density at radius 1 is 1.28 bits per heavy atom. The molecule has 1 aromatic heterocycles. The molecule has 0 spiro atoms. The predicted octanol–water partition coefficient (Wildman–Crippen LogP) is 2.10. The molecular formula is C16H17ClN4O3S. The number of hydrogen-bond donors (Lipinski definition) is 2. The highest BCUT2D eigenvalue weighted by Gasteiger charge is 2.29. The molecule has 0 radical (unpaired) electrons. The molecule has 1 amide bonds. The Labute approximate surface area is 150 Å². The Kier molecular flexibility index (Phi) is 4.91. The van der Waals surface area contributed by atoms with Crippen LogP contribution in [0.25, 0.3) is 0 Å². The van der Waals surface area contributed by atoms with Crippen molar-refractivity contribution in [2.24, 2.45) is 0 Å². The summed E-state index contributed by atoms with van der Waals surface area (Å²) in [6.45, 7) is 1.75. The summed E-state index contributed by atoms with van der Waals surface area (Å²) in [7, 11) is -3.06. The van der Waals surface area contributed by atoms with Crippen molar-refractivity contribution in [3.63, 3.8) is 0 Å². The Morgan fingerprint density at radius 3 is 2.72 bits per heavy atom. The van der Waals surface area contributed by atoms with Gasteiger partial charge in [-0.2, -0.15) is 0 Å². The monoisotopic (exact) mass is 380 g/mol. The third-order valence-electron chi connectivity index (χ3n) is 3.77. The fourth-order valence-corrected chi connectivity index (χ4v) is 4.45. The van der Waals surface area contributed by atoms with Crippen molar-refractivity contribution in [2.75, 3.05) is 16.8 Å². The Hall–Kier alpha value is -2.19. The molecule has 1 atom stereocenters. The smallest absolute Gasteiger partial charge is 0.270 e. The van der Waals surface area contributed by atoms with Crippen molar-refractivity contribution < 1.29 is 13.2 Å². The second-order valence-corrected chi connectivity index (χ2v) is 8.53. The third kappa shape index (κ3) is 4.46. The summed E-state index contributed by atoms with van der Waals surface area (Å²) in [5, 5.41) is 6.21. The molecule has 132 valence electrons. The second-order valence-electron chi connectivity index (χ2n) is 5.90. The van der Waals surface area contributed by atoms with Crippen LogP contribution in [0.4, 0.5) is 11.6 Å². The molecule has 1 unspecified atom stereocenters. The average Bonchev–Trinajstić information content (AvgIpc) is 2.88. The number of carbonyl (C=O) groups excluding carboxylic acids is 1. The minimum absolute atomic E-state index is 0.0342. The van der Waals surface area contributed by atoms with Gasteiger partial charge in [0, 0.05) is 11.7 Å². The first kappa shape index (κ1) is 17.6. The summed E-state index contributed by atoms with van der Waals surface area (Å²) in [4.78, 5) is 20.8. The largest absolute Gasteiger partial charge is 0.347 e. The minimum Gasteiger partial charge on any atom is -0.347 e. The number of aryl methyl sites for hydroxylation is 1. The molecule has 25 heavy (non-hydrogen) atoms. The van der Waals surface area contributed by atoms with Crippen molar-refractivity contribution in [3.05, 3.63) is 46.7 Å². The lowest BCUT2D eigenvalue weighted by molar-refractivity contribution is 0.0936. The summed E-state index contributed by atoms with van der Waals surface area (Å²) in [6.07, 6.45) is 0.420. The summed E-state index contributed by atoms with van der Waals surface area (Å²) < 4.78 is 23.0. The molecule has 1 fully saturated rings. The molecule has 1 aromatic carbocycles. The molecule has 7 nitrogen and oxygen atoms in total. The maximum absolute atomic E-state index is 12.4. The van der Waals surface area contributed by atoms with Crippen molar-refractivity contribution in [1.82, 2.24) is 15.3 Å². The number of aromatic nitrogens is 2. The van der Waals surface area contributed by atoms with E-state index >= 15 is 0 Å². The van der Waals surface area contributed by atoms with Crippen LogP contribution in [-0.2, 0) is 9.84 Å². The number of para-hydroxylation sites is 1. The number of nitrogens with zero attached hydrogens (tertiary/aromatic N) is 2. The van der Waals surface area contributed by atoms with Gasteiger partial charge in [0.1, 0.15) is 5.69 Å². The summed E-state index contributed by atoms with van der Waals surface area (Å²) in [5.41, 5.74) is 1.41. The lowest BCUT2D eigenvalue weighted by atomic mass is 10.2. The van der Waals surface area contributed by atoms with Crippen LogP contribution in [-0.4, -0.2) is 41.8 Å². The van der Waals surface area contributed by atoms with Gasteiger partial charge < -0.3 is 10.6 Å². The molecule has 2 aromatic rings. The first-order valence-corrected chi connectivity index (χ1v) is 9.91. The summed E-state index contributed by atoms with van der Waals surface area (Å²) in [5.74, 6) is -0.111. The molecule has 1 saturated heterocycles. The fraction of sp³-hybridized carbons (Fsp3) is 0.312. The van der Waals surface area contributed by atoms with Crippen molar-refractivity contribution in [1.29, 1.82) is 0 Å². The van der Waals surface area contributed by atoms with Crippen LogP contribution >= 0.6 is 11.6 Å². The van der Waals surface area contributed by atoms with Crippen LogP contribution in [0.15, 0.2) is 30.3 Å². The molecular weight excluding hydrogens is 364 g/mol. The van der Waals surface area contributed by atoms with E-state index < -0.39 is 15.7 Å². The van der Waals surface area contributed by atoms with Crippen LogP contribution in [0.3, 0.4) is 0 Å². The van der Waals surface area contributed by atoms with E-state index in [2.05, 4.69) is 20.6 Å². The van der Waals surface area contributed by atoms with Crippen molar-refractivity contribution >= 4 is 39.0 Å². The summed E-state index contributed by atoms with van der Waals surface area (Å²) in [6, 6.07) is 8.30. The van der Waals surface area contributed by atoms with Crippen LogP contribution in [0.5, 0.6) is 0 Å². The maximum atomic E-state index is 12.4. The van der Waals surface area contributed by atoms with E-state index in [9.17, 15) is 13.2 Å². The Bertz CT molecular complexity index is 917. The van der Waals surface area contributed by atoms with Crippen molar-refractivity contribution in [2.45, 2.75) is 19.4 Å². The molecule has 1 aliphatic rings. The number of hydrogen-bond acceptors (Lipinski definition) is 6. The number of rotatable bonds is 4. The topological polar surface area (TPSA) is 101 Å². The van der Waals surface area contributed by atoms with Gasteiger partial charge in [0.05, 0.1) is 22.2 Å². The highest BCUT2D eigenvalue weighted by Crippen LogP contribution is 2.23. The average molecular weight is 381 g/mol. The predicted molar refractivity (Wildman–Crippen MR) is 96.0 cm³/mol. The molecule has 2 heterocycles. The van der Waals surface area contributed by atoms with Crippen molar-refractivity contribution in [3.8, 4) is 0 Å². The van der Waals surface area contributed by atoms with Gasteiger partial charge in [-0.3, -0.25) is 4.79 Å². The molecule has 1 aliphatic heterocycles. The first-order chi connectivity index (χ1) is 11.8. The molecule has 2 N–H and O–H groups in total. The molecule has 0 bridgehead atoms. The standard InChI is InChI=1S/C16H17ClN4O3S/c1-10-8-14(15(22)19-11-6-7-25(23,24)9-11)21-16(18-10)20-13-5-3-2-4-12(13)17/h2-5,8,11H,6-7,9H2,1H3,(H,19,22)(H,18,20,21). The van der Waals surface area contributed by atoms with E-state index in [1.165, 1.54) is 0 Å². The molecule has 3 rings (SSSR count). The van der Waals surface area contributed by atoms with E-state index in [0.717, 1.165) is 0 Å². The number of anilines is 2. The number of amides is 1. The zero-order valence-corrected chi connectivity index (χ0v) is 15.1. The zero-order valence-electron chi connectivity index (χ0n) is 13.5. The van der Waals surface area contributed by atoms with Gasteiger partial charge in [0.25, 0.3) is 5.91 Å². The van der Waals surface area contributed by atoms with E-state index in [1.54, 1.807) is 31.2 Å². The van der Waals surface area contributed by atoms with E-state index in [-0.39, 0.29) is 29.2 Å². The highest BCUT2D eigenvalue weighted by molar-refractivity contribution is 7.91. The van der Waals surface area contributed by atoms with Crippen LogP contribution in [0.2, 0.25) is 5.02 Å². The number of nitrogens with one attached hydrogen (secondary N) is 2. The van der Waals surface area contributed by atoms with Gasteiger partial charge in [0.2, 0.25) is 5.95 Å². The van der Waals surface area contributed by atoms with Gasteiger partial charge in [0.15, 0.2) is 9.84 Å². The molecule has 0 aliphatic carbocycles. The lowest BCUT2D eigenvalue weighted by Crippen LogP contribution is -2.36. The minimum atomic E-state index is -3.06. The normalized spacial score (nSPS) is 18.7. The lowest BCUT2D eigenvalue weighted by Gasteiger charge is -2.12. The number of benzene rings is 1. The van der Waals surface area contributed by atoms with Crippen LogP contribution in [0.1, 0.15) is 22.6 Å². The van der Waals surface area contributed by atoms with Gasteiger partial charge in [-0.1, -0.05) is 23.7 Å². The Morgan fingerprint density at radius 2 is 2.04 bits per heavy atom. The van der Waals surface area contributed by atoms with Gasteiger partial charge >= 0.3 is 0 Å². The van der Waals surface area contributed by atoms with E-state index in [4.69, 9.17) is 11.6 Å². The van der Waals surface area contributed by atoms with Gasteiger partial charge in [-0.15, -0.1) is 0 Å². The number of halogens is 1. The second kappa shape index (κ2) is 6.97. The molecule has 0 saturated carbocycles. The van der Waals surface area contributed by atoms with E-state index in [0.29, 0.717) is 22.8 Å². The SMILES string of the molecule is Cc1cc(C(=O)NC2CCS(=O)(=O)C2)nc(Nc2ccccc2Cl)n1. The van der Waals surface area contributed by atoms with Crippen LogP contribution < -0.4 is 10.6 Å². The van der Waals surface area contributed by atoms with E-state index in [1.807, 2.05) is 6.07 Å². The maximum Gasteiger partial charge on any atom is 0.270 e. The number of sulfone groups is 1. The summed E-state index contributed by atoms with van der Waals surface area (Å²) >= 11 is 6.10. The van der Waals surface area contributed by atoms with Gasteiger partial charge in [-0.25, -0.2) is 18.4 Å². The van der Waals surface area contributed by atoms with Gasteiger partial charge in [-0.05, 0) is 31.5 Å². The quantitative estimate of drug-likeness (QED) is 0.842. The van der Waals surface area contributed by atoms with Crippen LogP contribution in [0, 0.1) is 6.92 Å². The fourth-order valence-electron chi connectivity index (χ4n) is 2.59. The molecule has 9 heteroatoms. The zero-order chi connectivity index (χ0) is 18.0. The highest BCUT2D eigenvalue weighted by atomic mass is 35.5. The number of carbonyl (C=O) groups is 1.